The monoisotopic (exact) mass is 253 g/mol. The Morgan fingerprint density at radius 2 is 1.82 bits per heavy atom. The van der Waals surface area contributed by atoms with Gasteiger partial charge in [0, 0.05) is 15.8 Å². The van der Waals surface area contributed by atoms with Crippen LogP contribution in [0.3, 0.4) is 0 Å². The van der Waals surface area contributed by atoms with Crippen molar-refractivity contribution in [2.24, 2.45) is 5.92 Å². The summed E-state index contributed by atoms with van der Waals surface area (Å²) in [6, 6.07) is 2.94. The van der Waals surface area contributed by atoms with E-state index in [9.17, 15) is 0 Å². The van der Waals surface area contributed by atoms with Crippen LogP contribution in [0.25, 0.3) is 0 Å². The Morgan fingerprint density at radius 1 is 1.18 bits per heavy atom. The van der Waals surface area contributed by atoms with E-state index in [0.717, 1.165) is 12.5 Å². The molecule has 1 aromatic rings. The maximum atomic E-state index is 3.74. The average Bonchev–Trinajstić information content (AvgIpc) is 2.65. The van der Waals surface area contributed by atoms with Crippen LogP contribution < -0.4 is 5.32 Å². The van der Waals surface area contributed by atoms with Gasteiger partial charge in [-0.2, -0.15) is 0 Å². The van der Waals surface area contributed by atoms with Crippen molar-refractivity contribution >= 4 is 11.3 Å². The maximum absolute atomic E-state index is 3.74. The fourth-order valence-corrected chi connectivity index (χ4v) is 3.53. The van der Waals surface area contributed by atoms with Gasteiger partial charge in [0.2, 0.25) is 0 Å². The molecular weight excluding hydrogens is 226 g/mol. The number of thiophene rings is 1. The summed E-state index contributed by atoms with van der Waals surface area (Å²) in [6.45, 7) is 12.4. The van der Waals surface area contributed by atoms with E-state index in [4.69, 9.17) is 0 Å². The molecule has 0 amide bonds. The van der Waals surface area contributed by atoms with E-state index in [-0.39, 0.29) is 0 Å². The second-order valence-electron chi connectivity index (χ2n) is 4.90. The van der Waals surface area contributed by atoms with Crippen LogP contribution >= 0.6 is 11.3 Å². The van der Waals surface area contributed by atoms with Gasteiger partial charge in [-0.25, -0.2) is 0 Å². The summed E-state index contributed by atoms with van der Waals surface area (Å²) in [4.78, 5) is 3.00. The van der Waals surface area contributed by atoms with Crippen molar-refractivity contribution in [2.75, 3.05) is 6.54 Å². The maximum Gasteiger partial charge on any atom is 0.0443 e. The molecule has 0 fully saturated rings. The molecular formula is C15H27NS. The van der Waals surface area contributed by atoms with E-state index < -0.39 is 0 Å². The standard InChI is InChI=1S/C15H27NS/c1-6-9-16-15(13(7-2)8-3)14-10-11(4)12(5)17-14/h10,13,15-16H,6-9H2,1-5H3. The number of rotatable bonds is 7. The summed E-state index contributed by atoms with van der Waals surface area (Å²) in [5, 5.41) is 3.74. The van der Waals surface area contributed by atoms with E-state index in [1.165, 1.54) is 34.6 Å². The Bertz CT molecular complexity index is 306. The van der Waals surface area contributed by atoms with Crippen molar-refractivity contribution in [2.45, 2.75) is 59.9 Å². The molecule has 0 aliphatic rings. The van der Waals surface area contributed by atoms with Crippen molar-refractivity contribution in [1.82, 2.24) is 5.32 Å². The predicted molar refractivity (Wildman–Crippen MR) is 78.9 cm³/mol. The summed E-state index contributed by atoms with van der Waals surface area (Å²) >= 11 is 1.97. The number of aryl methyl sites for hydroxylation is 2. The molecule has 0 saturated carbocycles. The zero-order chi connectivity index (χ0) is 12.8. The van der Waals surface area contributed by atoms with E-state index >= 15 is 0 Å². The molecule has 0 aliphatic carbocycles. The number of hydrogen-bond donors (Lipinski definition) is 1. The van der Waals surface area contributed by atoms with Crippen LogP contribution in [0.1, 0.15) is 61.4 Å². The van der Waals surface area contributed by atoms with Gasteiger partial charge in [-0.1, -0.05) is 33.6 Å². The Morgan fingerprint density at radius 3 is 2.24 bits per heavy atom. The molecule has 1 atom stereocenters. The van der Waals surface area contributed by atoms with Crippen molar-refractivity contribution in [3.63, 3.8) is 0 Å². The van der Waals surface area contributed by atoms with Gasteiger partial charge in [0.05, 0.1) is 0 Å². The van der Waals surface area contributed by atoms with E-state index in [0.29, 0.717) is 6.04 Å². The molecule has 1 N–H and O–H groups in total. The van der Waals surface area contributed by atoms with Crippen LogP contribution in [0.2, 0.25) is 0 Å². The molecule has 1 heterocycles. The first-order valence-corrected chi connectivity index (χ1v) is 7.75. The zero-order valence-corrected chi connectivity index (χ0v) is 12.8. The smallest absolute Gasteiger partial charge is 0.0443 e. The lowest BCUT2D eigenvalue weighted by atomic mass is 9.92. The minimum Gasteiger partial charge on any atom is -0.309 e. The highest BCUT2D eigenvalue weighted by Crippen LogP contribution is 2.33. The van der Waals surface area contributed by atoms with E-state index in [1.807, 2.05) is 11.3 Å². The molecule has 0 aliphatic heterocycles. The summed E-state index contributed by atoms with van der Waals surface area (Å²) in [6.07, 6.45) is 3.72. The Hall–Kier alpha value is -0.340. The van der Waals surface area contributed by atoms with Gasteiger partial charge in [-0.15, -0.1) is 11.3 Å². The fraction of sp³-hybridized carbons (Fsp3) is 0.733. The first-order valence-electron chi connectivity index (χ1n) is 6.94. The van der Waals surface area contributed by atoms with E-state index in [2.05, 4.69) is 46.0 Å². The van der Waals surface area contributed by atoms with Gasteiger partial charge in [-0.3, -0.25) is 0 Å². The normalized spacial score (nSPS) is 13.3. The largest absolute Gasteiger partial charge is 0.309 e. The lowest BCUT2D eigenvalue weighted by molar-refractivity contribution is 0.346. The summed E-state index contributed by atoms with van der Waals surface area (Å²) in [5.41, 5.74) is 1.44. The molecule has 0 saturated heterocycles. The minimum absolute atomic E-state index is 0.558. The summed E-state index contributed by atoms with van der Waals surface area (Å²) in [5.74, 6) is 0.763. The first kappa shape index (κ1) is 14.7. The molecule has 98 valence electrons. The third-order valence-corrected chi connectivity index (χ3v) is 4.86. The molecule has 17 heavy (non-hydrogen) atoms. The van der Waals surface area contributed by atoms with Gasteiger partial charge in [-0.05, 0) is 44.4 Å². The average molecular weight is 253 g/mol. The third-order valence-electron chi connectivity index (χ3n) is 3.63. The number of hydrogen-bond acceptors (Lipinski definition) is 2. The fourth-order valence-electron chi connectivity index (χ4n) is 2.31. The highest BCUT2D eigenvalue weighted by molar-refractivity contribution is 7.12. The SMILES string of the molecule is CCCNC(c1cc(C)c(C)s1)C(CC)CC. The Kier molecular flexibility index (Phi) is 6.21. The van der Waals surface area contributed by atoms with Gasteiger partial charge in [0.15, 0.2) is 0 Å². The highest BCUT2D eigenvalue weighted by Gasteiger charge is 2.21. The molecule has 1 rings (SSSR count). The van der Waals surface area contributed by atoms with Crippen molar-refractivity contribution in [3.8, 4) is 0 Å². The van der Waals surface area contributed by atoms with E-state index in [1.54, 1.807) is 0 Å². The molecule has 0 radical (unpaired) electrons. The Balaban J connectivity index is 2.88. The molecule has 0 bridgehead atoms. The second kappa shape index (κ2) is 7.17. The topological polar surface area (TPSA) is 12.0 Å². The summed E-state index contributed by atoms with van der Waals surface area (Å²) < 4.78 is 0. The Labute approximate surface area is 111 Å². The van der Waals surface area contributed by atoms with Crippen molar-refractivity contribution < 1.29 is 0 Å². The van der Waals surface area contributed by atoms with Crippen LogP contribution in [-0.2, 0) is 0 Å². The number of nitrogens with one attached hydrogen (secondary N) is 1. The van der Waals surface area contributed by atoms with Gasteiger partial charge in [0.25, 0.3) is 0 Å². The minimum atomic E-state index is 0.558. The van der Waals surface area contributed by atoms with Gasteiger partial charge in [0.1, 0.15) is 0 Å². The van der Waals surface area contributed by atoms with Crippen LogP contribution in [0.5, 0.6) is 0 Å². The van der Waals surface area contributed by atoms with Crippen LogP contribution in [0, 0.1) is 19.8 Å². The summed E-state index contributed by atoms with van der Waals surface area (Å²) in [7, 11) is 0. The highest BCUT2D eigenvalue weighted by atomic mass is 32.1. The molecule has 1 unspecified atom stereocenters. The molecule has 2 heteroatoms. The van der Waals surface area contributed by atoms with Crippen molar-refractivity contribution in [1.29, 1.82) is 0 Å². The van der Waals surface area contributed by atoms with Gasteiger partial charge >= 0.3 is 0 Å². The molecule has 1 aromatic heterocycles. The lowest BCUT2D eigenvalue weighted by Crippen LogP contribution is -2.27. The molecule has 0 spiro atoms. The third kappa shape index (κ3) is 3.82. The first-order chi connectivity index (χ1) is 8.13. The van der Waals surface area contributed by atoms with Crippen LogP contribution in [-0.4, -0.2) is 6.54 Å². The zero-order valence-electron chi connectivity index (χ0n) is 12.0. The molecule has 0 aromatic carbocycles. The second-order valence-corrected chi connectivity index (χ2v) is 6.18. The van der Waals surface area contributed by atoms with Gasteiger partial charge < -0.3 is 5.32 Å². The quantitative estimate of drug-likeness (QED) is 0.733. The lowest BCUT2D eigenvalue weighted by Gasteiger charge is -2.25. The van der Waals surface area contributed by atoms with Crippen LogP contribution in [0.4, 0.5) is 0 Å². The predicted octanol–water partition coefficient (Wildman–Crippen LogP) is 4.84. The van der Waals surface area contributed by atoms with Crippen LogP contribution in [0.15, 0.2) is 6.07 Å². The van der Waals surface area contributed by atoms with Crippen molar-refractivity contribution in [3.05, 3.63) is 21.4 Å². The molecule has 1 nitrogen and oxygen atoms in total.